The van der Waals surface area contributed by atoms with Crippen molar-refractivity contribution in [3.8, 4) is 0 Å². The molecule has 0 spiro atoms. The number of aliphatic hydroxyl groups excluding tert-OH is 2. The molecule has 0 saturated heterocycles. The average molecular weight is 221 g/mol. The molecule has 1 amide bonds. The van der Waals surface area contributed by atoms with Gasteiger partial charge in [0.15, 0.2) is 0 Å². The summed E-state index contributed by atoms with van der Waals surface area (Å²) in [7, 11) is 0. The second-order valence-corrected chi connectivity index (χ2v) is 3.55. The van der Waals surface area contributed by atoms with Crippen LogP contribution in [0, 0.1) is 0 Å². The Balaban J connectivity index is 2.75. The Labute approximate surface area is 94.0 Å². The molecular formula is C12H15NO3. The molecule has 0 fully saturated rings. The Morgan fingerprint density at radius 2 is 1.94 bits per heavy atom. The third kappa shape index (κ3) is 3.18. The van der Waals surface area contributed by atoms with Gasteiger partial charge < -0.3 is 15.9 Å². The van der Waals surface area contributed by atoms with E-state index in [0.717, 1.165) is 5.56 Å². The number of carbonyl (C=O) groups excluding carboxylic acids is 1. The van der Waals surface area contributed by atoms with Crippen molar-refractivity contribution in [2.24, 2.45) is 5.73 Å². The molecule has 1 rings (SSSR count). The van der Waals surface area contributed by atoms with Crippen molar-refractivity contribution in [1.29, 1.82) is 0 Å². The van der Waals surface area contributed by atoms with Gasteiger partial charge in [-0.2, -0.15) is 0 Å². The monoisotopic (exact) mass is 221 g/mol. The first-order valence-corrected chi connectivity index (χ1v) is 4.91. The fourth-order valence-corrected chi connectivity index (χ4v) is 1.37. The number of amides is 1. The van der Waals surface area contributed by atoms with Crippen LogP contribution in [0.1, 0.15) is 23.7 Å². The van der Waals surface area contributed by atoms with Crippen molar-refractivity contribution in [3.63, 3.8) is 0 Å². The lowest BCUT2D eigenvalue weighted by Gasteiger charge is -2.16. The topological polar surface area (TPSA) is 83.6 Å². The minimum absolute atomic E-state index is 0.260. The first-order chi connectivity index (χ1) is 7.54. The van der Waals surface area contributed by atoms with Gasteiger partial charge in [0, 0.05) is 0 Å². The zero-order valence-corrected chi connectivity index (χ0v) is 8.84. The number of hydrogen-bond acceptors (Lipinski definition) is 3. The van der Waals surface area contributed by atoms with E-state index in [9.17, 15) is 15.0 Å². The summed E-state index contributed by atoms with van der Waals surface area (Å²) in [5.41, 5.74) is 6.39. The first kappa shape index (κ1) is 12.4. The SMILES string of the molecule is C=Cc1ccc(C(O)C(O)CC(N)=O)cc1. The second-order valence-electron chi connectivity index (χ2n) is 3.55. The van der Waals surface area contributed by atoms with E-state index >= 15 is 0 Å². The van der Waals surface area contributed by atoms with Crippen LogP contribution in [-0.2, 0) is 4.79 Å². The maximum atomic E-state index is 10.6. The number of aliphatic hydroxyl groups is 2. The van der Waals surface area contributed by atoms with Crippen molar-refractivity contribution in [1.82, 2.24) is 0 Å². The van der Waals surface area contributed by atoms with Crippen molar-refractivity contribution in [2.45, 2.75) is 18.6 Å². The number of primary amides is 1. The molecule has 0 aliphatic rings. The highest BCUT2D eigenvalue weighted by Gasteiger charge is 2.19. The van der Waals surface area contributed by atoms with Crippen LogP contribution in [-0.4, -0.2) is 22.2 Å². The van der Waals surface area contributed by atoms with Crippen LogP contribution in [0.5, 0.6) is 0 Å². The molecule has 16 heavy (non-hydrogen) atoms. The van der Waals surface area contributed by atoms with Crippen LogP contribution >= 0.6 is 0 Å². The fraction of sp³-hybridized carbons (Fsp3) is 0.250. The summed E-state index contributed by atoms with van der Waals surface area (Å²) in [6.45, 7) is 3.61. The quantitative estimate of drug-likeness (QED) is 0.680. The van der Waals surface area contributed by atoms with E-state index < -0.39 is 18.1 Å². The van der Waals surface area contributed by atoms with Crippen LogP contribution in [0.2, 0.25) is 0 Å². The molecule has 0 bridgehead atoms. The van der Waals surface area contributed by atoms with Crippen molar-refractivity contribution in [3.05, 3.63) is 42.0 Å². The molecule has 0 saturated carbocycles. The zero-order chi connectivity index (χ0) is 12.1. The molecule has 0 aliphatic heterocycles. The Morgan fingerprint density at radius 3 is 2.38 bits per heavy atom. The van der Waals surface area contributed by atoms with Gasteiger partial charge in [-0.1, -0.05) is 36.9 Å². The summed E-state index contributed by atoms with van der Waals surface area (Å²) in [6, 6.07) is 6.88. The highest BCUT2D eigenvalue weighted by Crippen LogP contribution is 2.19. The van der Waals surface area contributed by atoms with Crippen LogP contribution in [0.3, 0.4) is 0 Å². The molecule has 2 atom stereocenters. The molecule has 1 aromatic rings. The van der Waals surface area contributed by atoms with Gasteiger partial charge in [-0.3, -0.25) is 4.79 Å². The number of nitrogens with two attached hydrogens (primary N) is 1. The highest BCUT2D eigenvalue weighted by molar-refractivity contribution is 5.74. The summed E-state index contributed by atoms with van der Waals surface area (Å²) >= 11 is 0. The summed E-state index contributed by atoms with van der Waals surface area (Å²) in [6.07, 6.45) is -0.862. The Bertz CT molecular complexity index is 372. The largest absolute Gasteiger partial charge is 0.390 e. The summed E-state index contributed by atoms with van der Waals surface area (Å²) in [5.74, 6) is -0.644. The van der Waals surface area contributed by atoms with E-state index in [1.54, 1.807) is 30.3 Å². The second kappa shape index (κ2) is 5.44. The molecular weight excluding hydrogens is 206 g/mol. The van der Waals surface area contributed by atoms with E-state index in [2.05, 4.69) is 6.58 Å². The highest BCUT2D eigenvalue weighted by atomic mass is 16.3. The number of rotatable bonds is 5. The Hall–Kier alpha value is -1.65. The summed E-state index contributed by atoms with van der Waals surface area (Å²) in [4.78, 5) is 10.6. The molecule has 0 aliphatic carbocycles. The number of benzene rings is 1. The molecule has 2 unspecified atom stereocenters. The van der Waals surface area contributed by atoms with Crippen molar-refractivity contribution < 1.29 is 15.0 Å². The lowest BCUT2D eigenvalue weighted by molar-refractivity contribution is -0.121. The fourth-order valence-electron chi connectivity index (χ4n) is 1.37. The molecule has 86 valence electrons. The van der Waals surface area contributed by atoms with E-state index in [0.29, 0.717) is 5.56 Å². The third-order valence-corrected chi connectivity index (χ3v) is 2.29. The maximum absolute atomic E-state index is 10.6. The van der Waals surface area contributed by atoms with Crippen molar-refractivity contribution >= 4 is 12.0 Å². The minimum Gasteiger partial charge on any atom is -0.390 e. The van der Waals surface area contributed by atoms with Gasteiger partial charge in [-0.05, 0) is 11.1 Å². The average Bonchev–Trinajstić information content (AvgIpc) is 2.27. The Morgan fingerprint density at radius 1 is 1.38 bits per heavy atom. The van der Waals surface area contributed by atoms with Crippen molar-refractivity contribution in [2.75, 3.05) is 0 Å². The number of hydrogen-bond donors (Lipinski definition) is 3. The summed E-state index contributed by atoms with van der Waals surface area (Å²) < 4.78 is 0. The van der Waals surface area contributed by atoms with Crippen LogP contribution < -0.4 is 5.73 Å². The Kier molecular flexibility index (Phi) is 4.22. The van der Waals surface area contributed by atoms with Crippen LogP contribution in [0.4, 0.5) is 0 Å². The smallest absolute Gasteiger partial charge is 0.220 e. The van der Waals surface area contributed by atoms with E-state index in [4.69, 9.17) is 5.73 Å². The lowest BCUT2D eigenvalue weighted by atomic mass is 10.0. The normalized spacial score (nSPS) is 14.1. The summed E-state index contributed by atoms with van der Waals surface area (Å²) in [5, 5.41) is 19.2. The molecule has 4 heteroatoms. The standard InChI is InChI=1S/C12H15NO3/c1-2-8-3-5-9(6-4-8)12(16)10(14)7-11(13)15/h2-6,10,12,14,16H,1,7H2,(H2,13,15). The minimum atomic E-state index is -1.17. The zero-order valence-electron chi connectivity index (χ0n) is 8.84. The van der Waals surface area contributed by atoms with Gasteiger partial charge in [-0.25, -0.2) is 0 Å². The molecule has 4 nitrogen and oxygen atoms in total. The van der Waals surface area contributed by atoms with Gasteiger partial charge in [0.1, 0.15) is 6.10 Å². The van der Waals surface area contributed by atoms with E-state index in [1.807, 2.05) is 0 Å². The third-order valence-electron chi connectivity index (χ3n) is 2.29. The van der Waals surface area contributed by atoms with Crippen LogP contribution in [0.25, 0.3) is 6.08 Å². The predicted molar refractivity (Wildman–Crippen MR) is 61.3 cm³/mol. The van der Waals surface area contributed by atoms with Gasteiger partial charge >= 0.3 is 0 Å². The van der Waals surface area contributed by atoms with Gasteiger partial charge in [0.2, 0.25) is 5.91 Å². The van der Waals surface area contributed by atoms with Gasteiger partial charge in [0.25, 0.3) is 0 Å². The van der Waals surface area contributed by atoms with Gasteiger partial charge in [0.05, 0.1) is 12.5 Å². The lowest BCUT2D eigenvalue weighted by Crippen LogP contribution is -2.25. The van der Waals surface area contributed by atoms with E-state index in [1.165, 1.54) is 0 Å². The molecule has 0 aromatic heterocycles. The van der Waals surface area contributed by atoms with Crippen LogP contribution in [0.15, 0.2) is 30.8 Å². The van der Waals surface area contributed by atoms with E-state index in [-0.39, 0.29) is 6.42 Å². The molecule has 1 aromatic carbocycles. The number of carbonyl (C=O) groups is 1. The molecule has 0 radical (unpaired) electrons. The maximum Gasteiger partial charge on any atom is 0.220 e. The first-order valence-electron chi connectivity index (χ1n) is 4.91. The predicted octanol–water partition coefficient (Wildman–Crippen LogP) is 0.599. The van der Waals surface area contributed by atoms with Gasteiger partial charge in [-0.15, -0.1) is 0 Å². The molecule has 0 heterocycles. The molecule has 4 N–H and O–H groups in total.